The molecule has 44 heavy (non-hydrogen) atoms. The van der Waals surface area contributed by atoms with Crippen LogP contribution in [0.1, 0.15) is 61.0 Å². The van der Waals surface area contributed by atoms with Crippen molar-refractivity contribution in [1.29, 1.82) is 0 Å². The van der Waals surface area contributed by atoms with E-state index in [1.807, 2.05) is 42.5 Å². The van der Waals surface area contributed by atoms with Crippen molar-refractivity contribution < 1.29 is 18.7 Å². The number of piperidine rings is 3. The van der Waals surface area contributed by atoms with Crippen LogP contribution in [0.25, 0.3) is 21.9 Å². The average Bonchev–Trinajstić information content (AvgIpc) is 3.66. The maximum Gasteiger partial charge on any atom is 0.267 e. The predicted octanol–water partition coefficient (Wildman–Crippen LogP) is 6.80. The Hall–Kier alpha value is -2.91. The number of carbonyl (C=O) groups excluding carboxylic acids is 1. The maximum atomic E-state index is 13.3. The first-order valence-corrected chi connectivity index (χ1v) is 15.7. The van der Waals surface area contributed by atoms with Crippen molar-refractivity contribution in [3.8, 4) is 11.5 Å². The molecule has 2 atom stereocenters. The van der Waals surface area contributed by atoms with Crippen LogP contribution in [0.2, 0.25) is 0 Å². The first kappa shape index (κ1) is 32.5. The van der Waals surface area contributed by atoms with Gasteiger partial charge in [0.2, 0.25) is 0 Å². The molecule has 0 bridgehead atoms. The first-order chi connectivity index (χ1) is 20.7. The van der Waals surface area contributed by atoms with Crippen molar-refractivity contribution in [2.75, 3.05) is 39.8 Å². The van der Waals surface area contributed by atoms with Gasteiger partial charge in [-0.3, -0.25) is 4.79 Å². The van der Waals surface area contributed by atoms with Gasteiger partial charge in [-0.15, -0.1) is 24.8 Å². The second-order valence-electron chi connectivity index (χ2n) is 12.3. The fraction of sp³-hybridized carbons (Fsp3) is 0.500. The Morgan fingerprint density at radius 3 is 2.59 bits per heavy atom. The van der Waals surface area contributed by atoms with Gasteiger partial charge in [0, 0.05) is 53.6 Å². The van der Waals surface area contributed by atoms with Crippen LogP contribution in [0.4, 0.5) is 0 Å². The largest absolute Gasteiger partial charge is 0.493 e. The third kappa shape index (κ3) is 6.69. The number of carbonyl (C=O) groups is 1. The molecule has 0 aliphatic carbocycles. The minimum absolute atomic E-state index is 0. The molecule has 3 aliphatic heterocycles. The molecular weight excluding hydrogens is 599 g/mol. The van der Waals surface area contributed by atoms with Crippen LogP contribution in [0.3, 0.4) is 0 Å². The van der Waals surface area contributed by atoms with E-state index in [0.717, 1.165) is 65.5 Å². The highest BCUT2D eigenvalue weighted by Gasteiger charge is 2.34. The SMILES string of the molecule is COc1cccc2c(COc3cccc4[nH]c(C(=O)NC5CCN(C[C@@H]6CCCN7CCCC[C@H]67)CC5)cc34)coc12.Cl.Cl. The van der Waals surface area contributed by atoms with Crippen molar-refractivity contribution in [1.82, 2.24) is 20.1 Å². The van der Waals surface area contributed by atoms with Gasteiger partial charge in [-0.25, -0.2) is 0 Å². The summed E-state index contributed by atoms with van der Waals surface area (Å²) in [6, 6.07) is 14.6. The van der Waals surface area contributed by atoms with Gasteiger partial charge in [-0.1, -0.05) is 24.6 Å². The molecule has 2 aromatic heterocycles. The molecule has 5 heterocycles. The summed E-state index contributed by atoms with van der Waals surface area (Å²) in [5.41, 5.74) is 3.12. The van der Waals surface area contributed by atoms with Crippen LogP contribution in [0.15, 0.2) is 53.1 Å². The summed E-state index contributed by atoms with van der Waals surface area (Å²) < 4.78 is 17.4. The number of benzene rings is 2. The van der Waals surface area contributed by atoms with Crippen molar-refractivity contribution in [3.05, 3.63) is 60.0 Å². The third-order valence-electron chi connectivity index (χ3n) is 9.76. The van der Waals surface area contributed by atoms with Crippen molar-refractivity contribution in [2.24, 2.45) is 5.92 Å². The van der Waals surface area contributed by atoms with E-state index < -0.39 is 0 Å². The Kier molecular flexibility index (Phi) is 10.7. The smallest absolute Gasteiger partial charge is 0.267 e. The standard InChI is InChI=1S/C34H42N4O4.2ClH/c1-40-32-12-4-8-26-24(22-42-33(26)32)21-41-31-11-5-9-28-27(31)19-29(36-28)34(39)35-25-13-17-37(18-14-25)20-23-7-6-16-38-15-3-2-10-30(23)38;;/h4-5,8-9,11-12,19,22-23,25,30,36H,2-3,6-7,10,13-18,20-21H2,1H3,(H,35,39);2*1H/t23-,30+;;/m0../s1. The zero-order valence-electron chi connectivity index (χ0n) is 25.4. The van der Waals surface area contributed by atoms with Crippen LogP contribution in [0, 0.1) is 5.92 Å². The average molecular weight is 644 g/mol. The normalized spacial score (nSPS) is 21.3. The van der Waals surface area contributed by atoms with E-state index in [2.05, 4.69) is 20.1 Å². The number of ether oxygens (including phenoxy) is 2. The molecular formula is C34H44Cl2N4O4. The fourth-order valence-corrected chi connectivity index (χ4v) is 7.53. The number of hydrogen-bond acceptors (Lipinski definition) is 6. The molecule has 1 amide bonds. The monoisotopic (exact) mass is 642 g/mol. The van der Waals surface area contributed by atoms with E-state index in [1.165, 1.54) is 51.7 Å². The van der Waals surface area contributed by atoms with Crippen LogP contribution in [-0.2, 0) is 6.61 Å². The molecule has 3 aliphatic rings. The molecule has 0 spiro atoms. The molecule has 4 aromatic rings. The molecule has 0 radical (unpaired) electrons. The van der Waals surface area contributed by atoms with Gasteiger partial charge in [-0.05, 0) is 81.8 Å². The van der Waals surface area contributed by atoms with Gasteiger partial charge in [0.1, 0.15) is 18.1 Å². The number of hydrogen-bond donors (Lipinski definition) is 2. The van der Waals surface area contributed by atoms with Crippen molar-refractivity contribution in [3.63, 3.8) is 0 Å². The molecule has 3 saturated heterocycles. The highest BCUT2D eigenvalue weighted by molar-refractivity contribution is 5.99. The summed E-state index contributed by atoms with van der Waals surface area (Å²) in [6.07, 6.45) is 10.6. The predicted molar refractivity (Wildman–Crippen MR) is 179 cm³/mol. The zero-order chi connectivity index (χ0) is 28.5. The molecule has 0 saturated carbocycles. The highest BCUT2D eigenvalue weighted by Crippen LogP contribution is 2.33. The number of likely N-dealkylation sites (tertiary alicyclic amines) is 1. The molecule has 8 nitrogen and oxygen atoms in total. The number of nitrogens with zero attached hydrogens (tertiary/aromatic N) is 2. The van der Waals surface area contributed by atoms with Crippen LogP contribution in [0.5, 0.6) is 11.5 Å². The quantitative estimate of drug-likeness (QED) is 0.220. The number of para-hydroxylation sites is 1. The summed E-state index contributed by atoms with van der Waals surface area (Å²) in [4.78, 5) is 22.0. The van der Waals surface area contributed by atoms with Crippen LogP contribution < -0.4 is 14.8 Å². The molecule has 10 heteroatoms. The topological polar surface area (TPSA) is 83.0 Å². The zero-order valence-corrected chi connectivity index (χ0v) is 27.0. The minimum atomic E-state index is -0.0475. The van der Waals surface area contributed by atoms with Gasteiger partial charge < -0.3 is 34.0 Å². The number of furan rings is 1. The molecule has 0 unspecified atom stereocenters. The van der Waals surface area contributed by atoms with Gasteiger partial charge in [0.05, 0.1) is 13.4 Å². The number of halogens is 2. The number of aromatic nitrogens is 1. The minimum Gasteiger partial charge on any atom is -0.493 e. The van der Waals surface area contributed by atoms with Gasteiger partial charge in [-0.2, -0.15) is 0 Å². The summed E-state index contributed by atoms with van der Waals surface area (Å²) in [5.74, 6) is 2.19. The molecule has 2 N–H and O–H groups in total. The summed E-state index contributed by atoms with van der Waals surface area (Å²) >= 11 is 0. The van der Waals surface area contributed by atoms with Crippen molar-refractivity contribution >= 4 is 52.6 Å². The number of fused-ring (bicyclic) bond motifs is 3. The van der Waals surface area contributed by atoms with E-state index in [0.29, 0.717) is 23.6 Å². The molecule has 238 valence electrons. The number of H-pyrrole nitrogens is 1. The molecule has 2 aromatic carbocycles. The van der Waals surface area contributed by atoms with E-state index >= 15 is 0 Å². The second kappa shape index (κ2) is 14.5. The van der Waals surface area contributed by atoms with Crippen LogP contribution >= 0.6 is 24.8 Å². The van der Waals surface area contributed by atoms with Gasteiger partial charge >= 0.3 is 0 Å². The summed E-state index contributed by atoms with van der Waals surface area (Å²) in [5, 5.41) is 5.16. The number of aromatic amines is 1. The van der Waals surface area contributed by atoms with E-state index in [1.54, 1.807) is 13.4 Å². The van der Waals surface area contributed by atoms with Crippen molar-refractivity contribution in [2.45, 2.75) is 63.6 Å². The lowest BCUT2D eigenvalue weighted by atomic mass is 9.83. The Bertz CT molecular complexity index is 1540. The Morgan fingerprint density at radius 2 is 1.75 bits per heavy atom. The van der Waals surface area contributed by atoms with E-state index in [9.17, 15) is 4.79 Å². The maximum absolute atomic E-state index is 13.3. The van der Waals surface area contributed by atoms with Gasteiger partial charge in [0.25, 0.3) is 5.91 Å². The summed E-state index contributed by atoms with van der Waals surface area (Å²) in [7, 11) is 1.64. The van der Waals surface area contributed by atoms with Crippen LogP contribution in [-0.4, -0.2) is 72.6 Å². The Balaban J connectivity index is 0.00000192. The lowest BCUT2D eigenvalue weighted by molar-refractivity contribution is 0.0351. The Labute approximate surface area is 271 Å². The van der Waals surface area contributed by atoms with Gasteiger partial charge in [0.15, 0.2) is 11.3 Å². The second-order valence-corrected chi connectivity index (χ2v) is 12.3. The summed E-state index contributed by atoms with van der Waals surface area (Å²) in [6.45, 7) is 6.29. The highest BCUT2D eigenvalue weighted by atomic mass is 35.5. The lowest BCUT2D eigenvalue weighted by Gasteiger charge is -2.46. The number of nitrogens with one attached hydrogen (secondary N) is 2. The van der Waals surface area contributed by atoms with E-state index in [-0.39, 0.29) is 36.8 Å². The molecule has 7 rings (SSSR count). The molecule has 3 fully saturated rings. The number of amides is 1. The number of rotatable bonds is 8. The fourth-order valence-electron chi connectivity index (χ4n) is 7.53. The number of methoxy groups -OCH3 is 1. The lowest BCUT2D eigenvalue weighted by Crippen LogP contribution is -2.52. The van der Waals surface area contributed by atoms with E-state index in [4.69, 9.17) is 13.9 Å². The third-order valence-corrected chi connectivity index (χ3v) is 9.76. The first-order valence-electron chi connectivity index (χ1n) is 15.7. The Morgan fingerprint density at radius 1 is 0.955 bits per heavy atom.